The van der Waals surface area contributed by atoms with Crippen LogP contribution in [-0.2, 0) is 0 Å². The van der Waals surface area contributed by atoms with Gasteiger partial charge in [0.15, 0.2) is 11.3 Å². The molecule has 1 fully saturated rings. The Hall–Kier alpha value is -2.71. The summed E-state index contributed by atoms with van der Waals surface area (Å²) >= 11 is 0. The molecule has 0 radical (unpaired) electrons. The number of H-pyrrole nitrogens is 1. The molecule has 184 valence electrons. The molecule has 0 amide bonds. The van der Waals surface area contributed by atoms with Crippen molar-refractivity contribution < 1.29 is 9.84 Å². The lowest BCUT2D eigenvalue weighted by atomic mass is 10.00. The lowest BCUT2D eigenvalue weighted by Crippen LogP contribution is -2.27. The number of aliphatic hydroxyl groups excluding tert-OH is 1. The summed E-state index contributed by atoms with van der Waals surface area (Å²) in [4.78, 5) is 20.9. The van der Waals surface area contributed by atoms with Gasteiger partial charge in [-0.05, 0) is 44.4 Å². The molecule has 0 saturated heterocycles. The topological polar surface area (TPSA) is 105 Å². The SMILES string of the molecule is CCOc1ccc(C(O)CNC(C)C)cc1-c1nn2c(C3CCCCCC3)nc(C)c2c(=O)[nH]1. The minimum absolute atomic E-state index is 0.218. The summed E-state index contributed by atoms with van der Waals surface area (Å²) in [5.41, 5.74) is 2.37. The summed E-state index contributed by atoms with van der Waals surface area (Å²) in [7, 11) is 0. The Bertz CT molecular complexity index is 1180. The summed E-state index contributed by atoms with van der Waals surface area (Å²) in [6.07, 6.45) is 6.28. The van der Waals surface area contributed by atoms with Crippen molar-refractivity contribution in [3.63, 3.8) is 0 Å². The van der Waals surface area contributed by atoms with E-state index in [2.05, 4.69) is 10.3 Å². The fourth-order valence-corrected chi connectivity index (χ4v) is 4.80. The van der Waals surface area contributed by atoms with Crippen LogP contribution in [0.25, 0.3) is 16.9 Å². The lowest BCUT2D eigenvalue weighted by molar-refractivity contribution is 0.171. The zero-order valence-corrected chi connectivity index (χ0v) is 20.7. The van der Waals surface area contributed by atoms with E-state index in [9.17, 15) is 9.90 Å². The van der Waals surface area contributed by atoms with E-state index in [0.29, 0.717) is 47.4 Å². The molecule has 34 heavy (non-hydrogen) atoms. The maximum atomic E-state index is 13.2. The fourth-order valence-electron chi connectivity index (χ4n) is 4.80. The zero-order valence-electron chi connectivity index (χ0n) is 20.7. The Labute approximate surface area is 200 Å². The second kappa shape index (κ2) is 10.7. The number of imidazole rings is 1. The third-order valence-electron chi connectivity index (χ3n) is 6.58. The van der Waals surface area contributed by atoms with Gasteiger partial charge in [-0.25, -0.2) is 9.50 Å². The molecule has 8 nitrogen and oxygen atoms in total. The van der Waals surface area contributed by atoms with Gasteiger partial charge in [-0.15, -0.1) is 5.10 Å². The number of benzene rings is 1. The maximum absolute atomic E-state index is 13.2. The molecule has 4 rings (SSSR count). The van der Waals surface area contributed by atoms with Gasteiger partial charge in [0.05, 0.1) is 24.0 Å². The van der Waals surface area contributed by atoms with Crippen LogP contribution in [0.15, 0.2) is 23.0 Å². The highest BCUT2D eigenvalue weighted by atomic mass is 16.5. The summed E-state index contributed by atoms with van der Waals surface area (Å²) in [6, 6.07) is 5.82. The van der Waals surface area contributed by atoms with Gasteiger partial charge >= 0.3 is 0 Å². The summed E-state index contributed by atoms with van der Waals surface area (Å²) in [5, 5.41) is 18.9. The van der Waals surface area contributed by atoms with E-state index in [1.807, 2.05) is 45.9 Å². The van der Waals surface area contributed by atoms with Gasteiger partial charge in [0, 0.05) is 18.5 Å². The average molecular weight is 468 g/mol. The molecular weight excluding hydrogens is 430 g/mol. The van der Waals surface area contributed by atoms with Gasteiger partial charge in [0.1, 0.15) is 11.6 Å². The standard InChI is InChI=1S/C26H37N5O3/c1-5-34-22-13-12-19(21(32)15-27-16(2)3)14-20(22)24-29-26(33)23-17(4)28-25(31(23)30-24)18-10-8-6-7-9-11-18/h12-14,16,18,21,27,32H,5-11,15H2,1-4H3,(H,29,30,33). The Morgan fingerprint density at radius 2 is 1.97 bits per heavy atom. The van der Waals surface area contributed by atoms with Crippen LogP contribution in [-0.4, -0.2) is 43.9 Å². The number of fused-ring (bicyclic) bond motifs is 1. The van der Waals surface area contributed by atoms with E-state index in [-0.39, 0.29) is 11.6 Å². The molecule has 3 N–H and O–H groups in total. The smallest absolute Gasteiger partial charge is 0.277 e. The van der Waals surface area contributed by atoms with Crippen molar-refractivity contribution in [1.29, 1.82) is 0 Å². The number of rotatable bonds is 8. The van der Waals surface area contributed by atoms with Crippen LogP contribution < -0.4 is 15.6 Å². The largest absolute Gasteiger partial charge is 0.493 e. The number of nitrogens with zero attached hydrogens (tertiary/aromatic N) is 3. The first kappa shape index (κ1) is 24.4. The first-order valence-corrected chi connectivity index (χ1v) is 12.6. The molecule has 1 aliphatic carbocycles. The Morgan fingerprint density at radius 1 is 1.24 bits per heavy atom. The molecule has 1 unspecified atom stereocenters. The van der Waals surface area contributed by atoms with Crippen molar-refractivity contribution in [3.05, 3.63) is 45.6 Å². The van der Waals surface area contributed by atoms with Crippen LogP contribution in [0.5, 0.6) is 5.75 Å². The number of hydrogen-bond acceptors (Lipinski definition) is 6. The van der Waals surface area contributed by atoms with Crippen molar-refractivity contribution in [1.82, 2.24) is 24.9 Å². The number of ether oxygens (including phenoxy) is 1. The number of aromatic amines is 1. The molecule has 1 atom stereocenters. The number of aryl methyl sites for hydroxylation is 1. The normalized spacial score (nSPS) is 16.2. The molecule has 3 aromatic rings. The zero-order chi connectivity index (χ0) is 24.2. The van der Waals surface area contributed by atoms with E-state index in [1.165, 1.54) is 25.7 Å². The predicted octanol–water partition coefficient (Wildman–Crippen LogP) is 4.26. The van der Waals surface area contributed by atoms with Crippen molar-refractivity contribution >= 4 is 5.52 Å². The Kier molecular flexibility index (Phi) is 7.68. The molecule has 2 heterocycles. The van der Waals surface area contributed by atoms with Gasteiger partial charge < -0.3 is 20.1 Å². The fraction of sp³-hybridized carbons (Fsp3) is 0.577. The molecule has 8 heteroatoms. The summed E-state index contributed by atoms with van der Waals surface area (Å²) in [5.74, 6) is 2.20. The molecule has 1 saturated carbocycles. The number of hydrogen-bond donors (Lipinski definition) is 3. The van der Waals surface area contributed by atoms with E-state index in [1.54, 1.807) is 4.52 Å². The minimum atomic E-state index is -0.690. The van der Waals surface area contributed by atoms with E-state index < -0.39 is 6.10 Å². The van der Waals surface area contributed by atoms with Gasteiger partial charge in [0.2, 0.25) is 0 Å². The highest BCUT2D eigenvalue weighted by Crippen LogP contribution is 2.33. The quantitative estimate of drug-likeness (QED) is 0.428. The summed E-state index contributed by atoms with van der Waals surface area (Å²) < 4.78 is 7.61. The molecule has 1 aromatic carbocycles. The molecule has 1 aliphatic rings. The number of aromatic nitrogens is 4. The van der Waals surface area contributed by atoms with Crippen LogP contribution >= 0.6 is 0 Å². The van der Waals surface area contributed by atoms with Crippen LogP contribution in [0.3, 0.4) is 0 Å². The number of aliphatic hydroxyl groups is 1. The second-order valence-corrected chi connectivity index (χ2v) is 9.57. The molecule has 0 aliphatic heterocycles. The highest BCUT2D eigenvalue weighted by Gasteiger charge is 2.24. The van der Waals surface area contributed by atoms with E-state index >= 15 is 0 Å². The molecule has 0 bridgehead atoms. The van der Waals surface area contributed by atoms with Gasteiger partial charge in [-0.1, -0.05) is 45.6 Å². The predicted molar refractivity (Wildman–Crippen MR) is 133 cm³/mol. The van der Waals surface area contributed by atoms with Crippen molar-refractivity contribution in [3.8, 4) is 17.1 Å². The second-order valence-electron chi connectivity index (χ2n) is 9.57. The third-order valence-corrected chi connectivity index (χ3v) is 6.58. The van der Waals surface area contributed by atoms with Crippen LogP contribution in [0, 0.1) is 6.92 Å². The highest BCUT2D eigenvalue weighted by molar-refractivity contribution is 5.66. The number of nitrogens with one attached hydrogen (secondary N) is 2. The van der Waals surface area contributed by atoms with Crippen LogP contribution in [0.2, 0.25) is 0 Å². The first-order valence-electron chi connectivity index (χ1n) is 12.6. The average Bonchev–Trinajstić information content (AvgIpc) is 2.98. The van der Waals surface area contributed by atoms with Gasteiger partial charge in [-0.3, -0.25) is 4.79 Å². The third kappa shape index (κ3) is 5.18. The molecular formula is C26H37N5O3. The van der Waals surface area contributed by atoms with E-state index in [4.69, 9.17) is 14.8 Å². The van der Waals surface area contributed by atoms with Crippen molar-refractivity contribution in [2.75, 3.05) is 13.2 Å². The maximum Gasteiger partial charge on any atom is 0.277 e. The van der Waals surface area contributed by atoms with Crippen LogP contribution in [0.1, 0.15) is 88.4 Å². The first-order chi connectivity index (χ1) is 16.4. The van der Waals surface area contributed by atoms with Gasteiger partial charge in [0.25, 0.3) is 5.56 Å². The lowest BCUT2D eigenvalue weighted by Gasteiger charge is -2.17. The monoisotopic (exact) mass is 467 g/mol. The Morgan fingerprint density at radius 3 is 2.65 bits per heavy atom. The summed E-state index contributed by atoms with van der Waals surface area (Å²) in [6.45, 7) is 8.78. The molecule has 0 spiro atoms. The van der Waals surface area contributed by atoms with Crippen molar-refractivity contribution in [2.24, 2.45) is 0 Å². The van der Waals surface area contributed by atoms with Crippen LogP contribution in [0.4, 0.5) is 0 Å². The Balaban J connectivity index is 1.81. The van der Waals surface area contributed by atoms with E-state index in [0.717, 1.165) is 24.2 Å². The van der Waals surface area contributed by atoms with Gasteiger partial charge in [-0.2, -0.15) is 0 Å². The van der Waals surface area contributed by atoms with Crippen molar-refractivity contribution in [2.45, 2.75) is 84.3 Å². The molecule has 2 aromatic heterocycles. The minimum Gasteiger partial charge on any atom is -0.493 e.